The van der Waals surface area contributed by atoms with E-state index in [0.29, 0.717) is 11.6 Å². The number of aryl methyl sites for hydroxylation is 1. The van der Waals surface area contributed by atoms with Gasteiger partial charge in [-0.05, 0) is 25.1 Å². The Morgan fingerprint density at radius 2 is 2.00 bits per heavy atom. The average molecular weight is 314 g/mol. The molecule has 0 bridgehead atoms. The molecule has 110 valence electrons. The maximum Gasteiger partial charge on any atom is 0.214 e. The van der Waals surface area contributed by atoms with Gasteiger partial charge in [0.2, 0.25) is 11.8 Å². The standard InChI is InChI=1S/C15H11FN4OS/c1-8-9(3-5-12(16)17-8)10-7-20-11-4-6-13(21-2)19-14(11)22-15(20)18-10/h3-7H,1-2H3. The van der Waals surface area contributed by atoms with E-state index in [-0.39, 0.29) is 0 Å². The Morgan fingerprint density at radius 3 is 2.77 bits per heavy atom. The molecule has 0 aliphatic carbocycles. The first kappa shape index (κ1) is 13.1. The van der Waals surface area contributed by atoms with Crippen LogP contribution in [0.5, 0.6) is 5.88 Å². The van der Waals surface area contributed by atoms with Crippen LogP contribution in [0.2, 0.25) is 0 Å². The molecule has 5 nitrogen and oxygen atoms in total. The predicted octanol–water partition coefficient (Wildman–Crippen LogP) is 3.46. The molecule has 0 saturated heterocycles. The largest absolute Gasteiger partial charge is 0.481 e. The molecule has 4 aromatic heterocycles. The maximum absolute atomic E-state index is 13.1. The third-order valence-electron chi connectivity index (χ3n) is 3.47. The lowest BCUT2D eigenvalue weighted by Crippen LogP contribution is -1.91. The van der Waals surface area contributed by atoms with Crippen LogP contribution in [0.1, 0.15) is 5.69 Å². The second-order valence-electron chi connectivity index (χ2n) is 4.83. The van der Waals surface area contributed by atoms with Crippen LogP contribution < -0.4 is 4.74 Å². The van der Waals surface area contributed by atoms with Gasteiger partial charge in [0.05, 0.1) is 18.3 Å². The van der Waals surface area contributed by atoms with Gasteiger partial charge in [0.1, 0.15) is 4.83 Å². The van der Waals surface area contributed by atoms with Gasteiger partial charge in [-0.2, -0.15) is 4.39 Å². The van der Waals surface area contributed by atoms with Crippen LogP contribution in [-0.2, 0) is 0 Å². The van der Waals surface area contributed by atoms with Crippen molar-refractivity contribution >= 4 is 26.6 Å². The van der Waals surface area contributed by atoms with Gasteiger partial charge >= 0.3 is 0 Å². The minimum absolute atomic E-state index is 0.482. The second kappa shape index (κ2) is 4.74. The molecular formula is C15H11FN4OS. The third kappa shape index (κ3) is 1.93. The number of hydrogen-bond acceptors (Lipinski definition) is 5. The summed E-state index contributed by atoms with van der Waals surface area (Å²) in [7, 11) is 1.59. The first-order valence-electron chi connectivity index (χ1n) is 6.62. The summed E-state index contributed by atoms with van der Waals surface area (Å²) in [4.78, 5) is 14.6. The van der Waals surface area contributed by atoms with Gasteiger partial charge < -0.3 is 4.74 Å². The van der Waals surface area contributed by atoms with Gasteiger partial charge in [-0.3, -0.25) is 4.40 Å². The van der Waals surface area contributed by atoms with Crippen molar-refractivity contribution in [3.05, 3.63) is 42.1 Å². The monoisotopic (exact) mass is 314 g/mol. The van der Waals surface area contributed by atoms with E-state index in [1.165, 1.54) is 17.4 Å². The zero-order valence-corrected chi connectivity index (χ0v) is 12.7. The molecular weight excluding hydrogens is 303 g/mol. The molecule has 22 heavy (non-hydrogen) atoms. The molecule has 0 aliphatic heterocycles. The van der Waals surface area contributed by atoms with Crippen molar-refractivity contribution in [1.29, 1.82) is 0 Å². The third-order valence-corrected chi connectivity index (χ3v) is 4.44. The highest BCUT2D eigenvalue weighted by atomic mass is 32.1. The summed E-state index contributed by atoms with van der Waals surface area (Å²) < 4.78 is 20.2. The Balaban J connectivity index is 1.91. The fourth-order valence-electron chi connectivity index (χ4n) is 2.41. The summed E-state index contributed by atoms with van der Waals surface area (Å²) in [5, 5.41) is 0. The van der Waals surface area contributed by atoms with Gasteiger partial charge in [-0.25, -0.2) is 15.0 Å². The van der Waals surface area contributed by atoms with E-state index in [9.17, 15) is 4.39 Å². The Hall–Kier alpha value is -2.54. The van der Waals surface area contributed by atoms with Gasteiger partial charge in [-0.1, -0.05) is 11.3 Å². The van der Waals surface area contributed by atoms with E-state index in [1.54, 1.807) is 20.1 Å². The van der Waals surface area contributed by atoms with Gasteiger partial charge in [0, 0.05) is 23.5 Å². The SMILES string of the molecule is COc1ccc2c(n1)sc1nc(-c3ccc(F)nc3C)cn12. The van der Waals surface area contributed by atoms with Crippen molar-refractivity contribution in [3.8, 4) is 17.1 Å². The Morgan fingerprint density at radius 1 is 1.14 bits per heavy atom. The first-order valence-corrected chi connectivity index (χ1v) is 7.43. The Kier molecular flexibility index (Phi) is 2.83. The van der Waals surface area contributed by atoms with Crippen molar-refractivity contribution < 1.29 is 9.13 Å². The van der Waals surface area contributed by atoms with E-state index in [1.807, 2.05) is 22.7 Å². The fourth-order valence-corrected chi connectivity index (χ4v) is 3.39. The lowest BCUT2D eigenvalue weighted by Gasteiger charge is -2.00. The number of nitrogens with zero attached hydrogens (tertiary/aromatic N) is 4. The second-order valence-corrected chi connectivity index (χ2v) is 5.78. The van der Waals surface area contributed by atoms with Crippen LogP contribution in [-0.4, -0.2) is 26.5 Å². The smallest absolute Gasteiger partial charge is 0.214 e. The molecule has 0 N–H and O–H groups in total. The lowest BCUT2D eigenvalue weighted by molar-refractivity contribution is 0.400. The molecule has 0 aromatic carbocycles. The molecule has 0 radical (unpaired) electrons. The molecule has 0 aliphatic rings. The van der Waals surface area contributed by atoms with E-state index in [2.05, 4.69) is 15.0 Å². The zero-order chi connectivity index (χ0) is 15.3. The van der Waals surface area contributed by atoms with Crippen LogP contribution in [0.25, 0.3) is 26.6 Å². The van der Waals surface area contributed by atoms with Crippen LogP contribution >= 0.6 is 11.3 Å². The molecule has 4 aromatic rings. The number of methoxy groups -OCH3 is 1. The van der Waals surface area contributed by atoms with E-state index in [4.69, 9.17) is 4.74 Å². The summed E-state index contributed by atoms with van der Waals surface area (Å²) in [5.41, 5.74) is 3.18. The van der Waals surface area contributed by atoms with Crippen LogP contribution in [0, 0.1) is 12.9 Å². The molecule has 4 heterocycles. The van der Waals surface area contributed by atoms with Crippen molar-refractivity contribution in [2.24, 2.45) is 0 Å². The summed E-state index contributed by atoms with van der Waals surface area (Å²) in [6.45, 7) is 1.77. The lowest BCUT2D eigenvalue weighted by atomic mass is 10.1. The molecule has 4 rings (SSSR count). The average Bonchev–Trinajstić information content (AvgIpc) is 3.03. The first-order chi connectivity index (χ1) is 10.7. The number of hydrogen-bond donors (Lipinski definition) is 0. The molecule has 0 unspecified atom stereocenters. The molecule has 0 amide bonds. The number of aromatic nitrogens is 4. The molecule has 0 saturated carbocycles. The van der Waals surface area contributed by atoms with E-state index in [0.717, 1.165) is 26.6 Å². The van der Waals surface area contributed by atoms with Crippen molar-refractivity contribution in [1.82, 2.24) is 19.4 Å². The van der Waals surface area contributed by atoms with E-state index < -0.39 is 5.95 Å². The Bertz CT molecular complexity index is 1010. The minimum Gasteiger partial charge on any atom is -0.481 e. The highest BCUT2D eigenvalue weighted by Crippen LogP contribution is 2.30. The number of halogens is 1. The quantitative estimate of drug-likeness (QED) is 0.532. The number of thiazole rings is 1. The fraction of sp³-hybridized carbons (Fsp3) is 0.133. The zero-order valence-electron chi connectivity index (χ0n) is 11.9. The highest BCUT2D eigenvalue weighted by molar-refractivity contribution is 7.23. The van der Waals surface area contributed by atoms with E-state index >= 15 is 0 Å². The van der Waals surface area contributed by atoms with Gasteiger partial charge in [0.15, 0.2) is 4.96 Å². The molecule has 0 fully saturated rings. The summed E-state index contributed by atoms with van der Waals surface area (Å²) in [5.74, 6) is 0.0971. The van der Waals surface area contributed by atoms with Crippen molar-refractivity contribution in [2.45, 2.75) is 6.92 Å². The van der Waals surface area contributed by atoms with Gasteiger partial charge in [-0.15, -0.1) is 0 Å². The normalized spacial score (nSPS) is 11.4. The highest BCUT2D eigenvalue weighted by Gasteiger charge is 2.13. The predicted molar refractivity (Wildman–Crippen MR) is 82.8 cm³/mol. The topological polar surface area (TPSA) is 52.3 Å². The van der Waals surface area contributed by atoms with Crippen LogP contribution in [0.3, 0.4) is 0 Å². The summed E-state index contributed by atoms with van der Waals surface area (Å²) in [6, 6.07) is 6.82. The summed E-state index contributed by atoms with van der Waals surface area (Å²) in [6.07, 6.45) is 1.92. The number of ether oxygens (including phenoxy) is 1. The Labute approximate surface area is 129 Å². The number of imidazole rings is 1. The molecule has 0 atom stereocenters. The summed E-state index contributed by atoms with van der Waals surface area (Å²) >= 11 is 1.48. The number of pyridine rings is 2. The van der Waals surface area contributed by atoms with Crippen molar-refractivity contribution in [2.75, 3.05) is 7.11 Å². The van der Waals surface area contributed by atoms with Crippen LogP contribution in [0.4, 0.5) is 4.39 Å². The maximum atomic E-state index is 13.1. The number of rotatable bonds is 2. The van der Waals surface area contributed by atoms with Gasteiger partial charge in [0.25, 0.3) is 0 Å². The number of fused-ring (bicyclic) bond motifs is 3. The minimum atomic E-state index is -0.482. The molecule has 7 heteroatoms. The van der Waals surface area contributed by atoms with Crippen LogP contribution in [0.15, 0.2) is 30.5 Å². The van der Waals surface area contributed by atoms with Crippen molar-refractivity contribution in [3.63, 3.8) is 0 Å². The molecule has 0 spiro atoms.